The van der Waals surface area contributed by atoms with Crippen LogP contribution in [0.4, 0.5) is 4.39 Å². The second-order valence-corrected chi connectivity index (χ2v) is 10.3. The van der Waals surface area contributed by atoms with E-state index in [-0.39, 0.29) is 30.5 Å². The van der Waals surface area contributed by atoms with Gasteiger partial charge in [0, 0.05) is 29.6 Å². The van der Waals surface area contributed by atoms with Gasteiger partial charge in [0.2, 0.25) is 6.54 Å². The summed E-state index contributed by atoms with van der Waals surface area (Å²) in [7, 11) is -1.59. The fraction of sp³-hybridized carbons (Fsp3) is 0.737. The van der Waals surface area contributed by atoms with Crippen molar-refractivity contribution < 1.29 is 13.4 Å². The van der Waals surface area contributed by atoms with Gasteiger partial charge >= 0.3 is 5.69 Å². The van der Waals surface area contributed by atoms with Gasteiger partial charge in [0.1, 0.15) is 18.1 Å². The Kier molecular flexibility index (Phi) is 9.51. The zero-order valence-electron chi connectivity index (χ0n) is 17.9. The molecule has 11 heteroatoms. The molecule has 0 radical (unpaired) electrons. The molecule has 0 saturated carbocycles. The zero-order valence-corrected chi connectivity index (χ0v) is 19.7. The second kappa shape index (κ2) is 11.4. The summed E-state index contributed by atoms with van der Waals surface area (Å²) < 4.78 is 31.0. The molecule has 2 rings (SSSR count). The Morgan fingerprint density at radius 1 is 1.37 bits per heavy atom. The predicted octanol–water partition coefficient (Wildman–Crippen LogP) is 3.57. The Morgan fingerprint density at radius 3 is 2.57 bits per heavy atom. The molecule has 1 aromatic rings. The largest absolute Gasteiger partial charge is 0.329 e. The molecule has 0 aliphatic carbocycles. The van der Waals surface area contributed by atoms with Crippen LogP contribution in [0.1, 0.15) is 46.4 Å². The minimum atomic E-state index is -1.59. The van der Waals surface area contributed by atoms with Crippen LogP contribution < -0.4 is 11.2 Å². The molecule has 1 aliphatic rings. The lowest BCUT2D eigenvalue weighted by Crippen LogP contribution is -2.39. The van der Waals surface area contributed by atoms with Crippen molar-refractivity contribution in [2.75, 3.05) is 13.2 Å². The predicted molar refractivity (Wildman–Crippen MR) is 118 cm³/mol. The van der Waals surface area contributed by atoms with Gasteiger partial charge in [0.15, 0.2) is 6.17 Å². The van der Waals surface area contributed by atoms with Crippen molar-refractivity contribution >= 4 is 20.3 Å². The maximum Gasteiger partial charge on any atom is 0.329 e. The third-order valence-corrected chi connectivity index (χ3v) is 8.50. The molecule has 1 aromatic heterocycles. The third-order valence-electron chi connectivity index (χ3n) is 4.66. The topological polar surface area (TPSA) is 80.9 Å². The smallest absolute Gasteiger partial charge is 0.314 e. The summed E-state index contributed by atoms with van der Waals surface area (Å²) in [5, 5.41) is -0.976. The lowest BCUT2D eigenvalue weighted by atomic mass is 10.1. The van der Waals surface area contributed by atoms with E-state index in [0.29, 0.717) is 6.42 Å². The summed E-state index contributed by atoms with van der Waals surface area (Å²) in [6.45, 7) is 17.4. The highest BCUT2D eigenvalue weighted by Crippen LogP contribution is 2.54. The van der Waals surface area contributed by atoms with E-state index in [1.54, 1.807) is 0 Å². The zero-order chi connectivity index (χ0) is 22.4. The first kappa shape index (κ1) is 25.0. The molecule has 30 heavy (non-hydrogen) atoms. The average Bonchev–Trinajstić information content (AvgIpc) is 2.97. The van der Waals surface area contributed by atoms with Gasteiger partial charge in [-0.1, -0.05) is 6.92 Å². The van der Waals surface area contributed by atoms with Crippen molar-refractivity contribution in [2.24, 2.45) is 0 Å². The quantitative estimate of drug-likeness (QED) is 0.327. The highest BCUT2D eigenvalue weighted by molar-refractivity contribution is 8.00. The van der Waals surface area contributed by atoms with E-state index < -0.39 is 37.4 Å². The van der Waals surface area contributed by atoms with Crippen molar-refractivity contribution in [1.29, 1.82) is 0 Å². The monoisotopic (exact) mass is 460 g/mol. The lowest BCUT2D eigenvalue weighted by molar-refractivity contribution is 0.0703. The second-order valence-electron chi connectivity index (χ2n) is 7.53. The molecule has 1 unspecified atom stereocenters. The Bertz CT molecular complexity index is 835. The minimum Gasteiger partial charge on any atom is -0.314 e. The maximum absolute atomic E-state index is 15.6. The Morgan fingerprint density at radius 2 is 2.03 bits per heavy atom. The van der Waals surface area contributed by atoms with E-state index in [1.807, 2.05) is 34.6 Å². The molecule has 2 heterocycles. The lowest BCUT2D eigenvalue weighted by Gasteiger charge is -2.37. The SMILES string of the molecule is [C-]#[N+]CCOP(O[C@H]1[C@@H](F)[C@H](n2ccc(=O)[nH]c2=O)S[C@@H]1CC)N(C(C)C)C(C)C. The number of alkyl halides is 1. The molecular weight excluding hydrogens is 430 g/mol. The van der Waals surface area contributed by atoms with E-state index >= 15 is 4.39 Å². The van der Waals surface area contributed by atoms with Crippen LogP contribution in [-0.2, 0) is 9.05 Å². The van der Waals surface area contributed by atoms with Crippen LogP contribution in [0, 0.1) is 6.57 Å². The van der Waals surface area contributed by atoms with Crippen LogP contribution in [0.2, 0.25) is 0 Å². The fourth-order valence-electron chi connectivity index (χ4n) is 3.39. The molecule has 8 nitrogen and oxygen atoms in total. The van der Waals surface area contributed by atoms with Gasteiger partial charge in [0.05, 0.1) is 0 Å². The summed E-state index contributed by atoms with van der Waals surface area (Å²) >= 11 is 1.33. The first-order valence-corrected chi connectivity index (χ1v) is 12.1. The summed E-state index contributed by atoms with van der Waals surface area (Å²) in [4.78, 5) is 29.0. The standard InChI is InChI=1S/C19H30FN4O4PS/c1-7-14-17(16(20)18(30-14)23-10-8-15(25)22-19(23)26)28-29(27-11-9-21-6)24(12(2)3)13(4)5/h8,10,12-14,16-18H,7,9,11H2,1-5H3,(H,22,25,26)/t14-,16-,17-,18-,29?/m1/s1. The summed E-state index contributed by atoms with van der Waals surface area (Å²) in [5.41, 5.74) is -1.16. The van der Waals surface area contributed by atoms with E-state index in [1.165, 1.54) is 28.6 Å². The maximum atomic E-state index is 15.6. The number of H-pyrrole nitrogens is 1. The molecule has 0 spiro atoms. The summed E-state index contributed by atoms with van der Waals surface area (Å²) in [5.74, 6) is 0. The molecule has 1 fully saturated rings. The van der Waals surface area contributed by atoms with Crippen LogP contribution in [0.5, 0.6) is 0 Å². The van der Waals surface area contributed by atoms with Crippen LogP contribution in [0.15, 0.2) is 21.9 Å². The molecule has 0 amide bonds. The molecule has 1 saturated heterocycles. The Balaban J connectivity index is 2.29. The first-order valence-electron chi connectivity index (χ1n) is 10.0. The van der Waals surface area contributed by atoms with Gasteiger partial charge in [-0.05, 0) is 34.1 Å². The van der Waals surface area contributed by atoms with E-state index in [2.05, 4.69) is 14.5 Å². The van der Waals surface area contributed by atoms with Gasteiger partial charge in [0.25, 0.3) is 14.1 Å². The number of aromatic nitrogens is 2. The van der Waals surface area contributed by atoms with Crippen molar-refractivity contribution in [1.82, 2.24) is 14.2 Å². The Hall–Kier alpha value is -1.24. The van der Waals surface area contributed by atoms with Gasteiger partial charge in [-0.2, -0.15) is 0 Å². The van der Waals surface area contributed by atoms with E-state index in [9.17, 15) is 9.59 Å². The van der Waals surface area contributed by atoms with Crippen molar-refractivity contribution in [3.05, 3.63) is 44.5 Å². The normalized spacial score (nSPS) is 25.2. The van der Waals surface area contributed by atoms with Crippen LogP contribution in [0.3, 0.4) is 0 Å². The number of aromatic amines is 1. The van der Waals surface area contributed by atoms with Crippen LogP contribution in [-0.4, -0.2) is 57.0 Å². The van der Waals surface area contributed by atoms with Gasteiger partial charge in [-0.15, -0.1) is 11.8 Å². The fourth-order valence-corrected chi connectivity index (χ4v) is 6.76. The number of rotatable bonds is 10. The third kappa shape index (κ3) is 5.92. The number of nitrogens with one attached hydrogen (secondary N) is 1. The number of halogens is 1. The molecule has 0 aromatic carbocycles. The number of nitrogens with zero attached hydrogens (tertiary/aromatic N) is 3. The van der Waals surface area contributed by atoms with Gasteiger partial charge < -0.3 is 13.9 Å². The molecular formula is C19H30FN4O4PS. The van der Waals surface area contributed by atoms with Gasteiger partial charge in [-0.3, -0.25) is 14.3 Å². The van der Waals surface area contributed by atoms with Crippen molar-refractivity contribution in [3.63, 3.8) is 0 Å². The Labute approximate surface area is 181 Å². The van der Waals surface area contributed by atoms with E-state index in [4.69, 9.17) is 15.6 Å². The highest BCUT2D eigenvalue weighted by atomic mass is 32.2. The summed E-state index contributed by atoms with van der Waals surface area (Å²) in [6.07, 6.45) is -0.259. The molecule has 5 atom stereocenters. The molecule has 168 valence electrons. The van der Waals surface area contributed by atoms with Gasteiger partial charge in [-0.25, -0.2) is 20.4 Å². The van der Waals surface area contributed by atoms with Crippen molar-refractivity contribution in [2.45, 2.75) is 76.0 Å². The number of thioether (sulfide) groups is 1. The highest BCUT2D eigenvalue weighted by Gasteiger charge is 2.48. The first-order chi connectivity index (χ1) is 14.2. The molecule has 0 bridgehead atoms. The minimum absolute atomic E-state index is 0.105. The number of hydrogen-bond donors (Lipinski definition) is 1. The van der Waals surface area contributed by atoms with Crippen molar-refractivity contribution in [3.8, 4) is 0 Å². The molecule has 1 aliphatic heterocycles. The molecule has 1 N–H and O–H groups in total. The van der Waals surface area contributed by atoms with Crippen LogP contribution >= 0.6 is 20.3 Å². The number of hydrogen-bond acceptors (Lipinski definition) is 6. The average molecular weight is 461 g/mol. The summed E-state index contributed by atoms with van der Waals surface area (Å²) in [6, 6.07) is 1.42. The van der Waals surface area contributed by atoms with Crippen LogP contribution in [0.25, 0.3) is 4.85 Å². The van der Waals surface area contributed by atoms with E-state index in [0.717, 1.165) is 0 Å².